The molecular formula is C11H24N2O. The van der Waals surface area contributed by atoms with Gasteiger partial charge in [-0.3, -0.25) is 0 Å². The molecule has 84 valence electrons. The van der Waals surface area contributed by atoms with Crippen molar-refractivity contribution in [2.24, 2.45) is 5.92 Å². The van der Waals surface area contributed by atoms with Gasteiger partial charge in [-0.1, -0.05) is 0 Å². The van der Waals surface area contributed by atoms with E-state index in [9.17, 15) is 5.11 Å². The Morgan fingerprint density at radius 3 is 2.79 bits per heavy atom. The third kappa shape index (κ3) is 4.94. The zero-order chi connectivity index (χ0) is 10.6. The van der Waals surface area contributed by atoms with Crippen molar-refractivity contribution in [3.05, 3.63) is 0 Å². The number of likely N-dealkylation sites (tertiary alicyclic amines) is 1. The Labute approximate surface area is 87.5 Å². The van der Waals surface area contributed by atoms with Gasteiger partial charge in [0.15, 0.2) is 0 Å². The summed E-state index contributed by atoms with van der Waals surface area (Å²) >= 11 is 0. The molecule has 0 aliphatic carbocycles. The minimum atomic E-state index is -0.583. The lowest BCUT2D eigenvalue weighted by molar-refractivity contribution is 0.0770. The maximum Gasteiger partial charge on any atom is 0.0715 e. The second-order valence-corrected chi connectivity index (χ2v) is 5.21. The minimum Gasteiger partial charge on any atom is -0.389 e. The van der Waals surface area contributed by atoms with Crippen LogP contribution in [0.5, 0.6) is 0 Å². The fraction of sp³-hybridized carbons (Fsp3) is 1.00. The van der Waals surface area contributed by atoms with Crippen molar-refractivity contribution in [2.75, 3.05) is 33.2 Å². The summed E-state index contributed by atoms with van der Waals surface area (Å²) in [5.41, 5.74) is -0.583. The number of piperidine rings is 1. The van der Waals surface area contributed by atoms with E-state index in [0.717, 1.165) is 12.5 Å². The SMILES string of the molecule is CN1CCCC(CNCC(C)(C)O)C1. The highest BCUT2D eigenvalue weighted by Gasteiger charge is 2.18. The number of hydrogen-bond acceptors (Lipinski definition) is 3. The fourth-order valence-corrected chi connectivity index (χ4v) is 2.02. The van der Waals surface area contributed by atoms with Crippen LogP contribution in [0.1, 0.15) is 26.7 Å². The molecule has 1 saturated heterocycles. The van der Waals surface area contributed by atoms with Gasteiger partial charge in [-0.05, 0) is 52.7 Å². The quantitative estimate of drug-likeness (QED) is 0.701. The van der Waals surface area contributed by atoms with E-state index in [1.54, 1.807) is 0 Å². The molecule has 1 aliphatic heterocycles. The highest BCUT2D eigenvalue weighted by molar-refractivity contribution is 4.75. The third-order valence-corrected chi connectivity index (χ3v) is 2.71. The lowest BCUT2D eigenvalue weighted by atomic mass is 9.98. The molecule has 0 saturated carbocycles. The molecule has 0 aromatic rings. The lowest BCUT2D eigenvalue weighted by Crippen LogP contribution is -2.41. The van der Waals surface area contributed by atoms with Crippen molar-refractivity contribution in [1.82, 2.24) is 10.2 Å². The van der Waals surface area contributed by atoms with E-state index in [0.29, 0.717) is 6.54 Å². The van der Waals surface area contributed by atoms with Gasteiger partial charge >= 0.3 is 0 Å². The summed E-state index contributed by atoms with van der Waals surface area (Å²) < 4.78 is 0. The zero-order valence-corrected chi connectivity index (χ0v) is 9.71. The summed E-state index contributed by atoms with van der Waals surface area (Å²) in [6.45, 7) is 7.84. The highest BCUT2D eigenvalue weighted by Crippen LogP contribution is 2.13. The third-order valence-electron chi connectivity index (χ3n) is 2.71. The van der Waals surface area contributed by atoms with Crippen LogP contribution in [0, 0.1) is 5.92 Å². The first-order valence-electron chi connectivity index (χ1n) is 5.59. The monoisotopic (exact) mass is 200 g/mol. The highest BCUT2D eigenvalue weighted by atomic mass is 16.3. The van der Waals surface area contributed by atoms with Crippen molar-refractivity contribution in [3.8, 4) is 0 Å². The predicted molar refractivity (Wildman–Crippen MR) is 59.4 cm³/mol. The topological polar surface area (TPSA) is 35.5 Å². The van der Waals surface area contributed by atoms with E-state index >= 15 is 0 Å². The molecule has 0 aromatic heterocycles. The van der Waals surface area contributed by atoms with E-state index in [-0.39, 0.29) is 0 Å². The van der Waals surface area contributed by atoms with Crippen molar-refractivity contribution in [2.45, 2.75) is 32.3 Å². The Kier molecular flexibility index (Phi) is 4.35. The summed E-state index contributed by atoms with van der Waals surface area (Å²) in [5.74, 6) is 0.760. The van der Waals surface area contributed by atoms with E-state index < -0.39 is 5.60 Å². The second kappa shape index (κ2) is 5.10. The molecule has 0 radical (unpaired) electrons. The fourth-order valence-electron chi connectivity index (χ4n) is 2.02. The molecule has 14 heavy (non-hydrogen) atoms. The summed E-state index contributed by atoms with van der Waals surface area (Å²) in [4.78, 5) is 2.39. The van der Waals surface area contributed by atoms with Crippen LogP contribution in [0.25, 0.3) is 0 Å². The van der Waals surface area contributed by atoms with Crippen molar-refractivity contribution in [3.63, 3.8) is 0 Å². The van der Waals surface area contributed by atoms with Crippen LogP contribution < -0.4 is 5.32 Å². The first-order chi connectivity index (χ1) is 6.47. The van der Waals surface area contributed by atoms with Crippen molar-refractivity contribution < 1.29 is 5.11 Å². The molecular weight excluding hydrogens is 176 g/mol. The van der Waals surface area contributed by atoms with Crippen LogP contribution in [0.15, 0.2) is 0 Å². The molecule has 3 heteroatoms. The average molecular weight is 200 g/mol. The van der Waals surface area contributed by atoms with E-state index in [1.807, 2.05) is 13.8 Å². The molecule has 0 aromatic carbocycles. The molecule has 2 N–H and O–H groups in total. The first kappa shape index (κ1) is 12.0. The number of rotatable bonds is 4. The van der Waals surface area contributed by atoms with E-state index in [1.165, 1.54) is 25.9 Å². The van der Waals surface area contributed by atoms with Gasteiger partial charge in [-0.2, -0.15) is 0 Å². The maximum absolute atomic E-state index is 9.53. The molecule has 1 fully saturated rings. The number of aliphatic hydroxyl groups is 1. The van der Waals surface area contributed by atoms with E-state index in [2.05, 4.69) is 17.3 Å². The number of hydrogen-bond donors (Lipinski definition) is 2. The van der Waals surface area contributed by atoms with Crippen molar-refractivity contribution in [1.29, 1.82) is 0 Å². The van der Waals surface area contributed by atoms with Crippen LogP contribution in [-0.4, -0.2) is 48.8 Å². The standard InChI is InChI=1S/C11H24N2O/c1-11(2,14)9-12-7-10-5-4-6-13(3)8-10/h10,12,14H,4-9H2,1-3H3. The second-order valence-electron chi connectivity index (χ2n) is 5.21. The van der Waals surface area contributed by atoms with Gasteiger partial charge in [0.05, 0.1) is 5.60 Å². The number of nitrogens with one attached hydrogen (secondary N) is 1. The zero-order valence-electron chi connectivity index (χ0n) is 9.71. The maximum atomic E-state index is 9.53. The van der Waals surface area contributed by atoms with Gasteiger partial charge in [0.25, 0.3) is 0 Å². The Balaban J connectivity index is 2.12. The Morgan fingerprint density at radius 2 is 2.21 bits per heavy atom. The van der Waals surface area contributed by atoms with Crippen LogP contribution >= 0.6 is 0 Å². The van der Waals surface area contributed by atoms with Gasteiger partial charge in [0, 0.05) is 13.1 Å². The molecule has 1 atom stereocenters. The largest absolute Gasteiger partial charge is 0.389 e. The van der Waals surface area contributed by atoms with Gasteiger partial charge in [0.1, 0.15) is 0 Å². The molecule has 1 unspecified atom stereocenters. The molecule has 3 nitrogen and oxygen atoms in total. The first-order valence-corrected chi connectivity index (χ1v) is 5.59. The van der Waals surface area contributed by atoms with Crippen LogP contribution in [-0.2, 0) is 0 Å². The lowest BCUT2D eigenvalue weighted by Gasteiger charge is -2.30. The molecule has 0 bridgehead atoms. The van der Waals surface area contributed by atoms with Crippen LogP contribution in [0.2, 0.25) is 0 Å². The van der Waals surface area contributed by atoms with Crippen molar-refractivity contribution >= 4 is 0 Å². The van der Waals surface area contributed by atoms with Crippen LogP contribution in [0.3, 0.4) is 0 Å². The Morgan fingerprint density at radius 1 is 1.50 bits per heavy atom. The van der Waals surface area contributed by atoms with Gasteiger partial charge in [-0.15, -0.1) is 0 Å². The molecule has 0 spiro atoms. The smallest absolute Gasteiger partial charge is 0.0715 e. The Hall–Kier alpha value is -0.120. The summed E-state index contributed by atoms with van der Waals surface area (Å²) in [7, 11) is 2.18. The van der Waals surface area contributed by atoms with Gasteiger partial charge < -0.3 is 15.3 Å². The normalized spacial score (nSPS) is 25.3. The summed E-state index contributed by atoms with van der Waals surface area (Å²) in [5, 5.41) is 12.9. The van der Waals surface area contributed by atoms with Gasteiger partial charge in [0.2, 0.25) is 0 Å². The van der Waals surface area contributed by atoms with Gasteiger partial charge in [-0.25, -0.2) is 0 Å². The van der Waals surface area contributed by atoms with E-state index in [4.69, 9.17) is 0 Å². The molecule has 0 amide bonds. The average Bonchev–Trinajstić information content (AvgIpc) is 2.01. The molecule has 1 aliphatic rings. The summed E-state index contributed by atoms with van der Waals surface area (Å²) in [6.07, 6.45) is 2.63. The molecule has 1 rings (SSSR count). The van der Waals surface area contributed by atoms with Crippen LogP contribution in [0.4, 0.5) is 0 Å². The number of nitrogens with zero attached hydrogens (tertiary/aromatic N) is 1. The molecule has 1 heterocycles. The minimum absolute atomic E-state index is 0.583. The Bertz CT molecular complexity index is 165. The predicted octanol–water partition coefficient (Wildman–Crippen LogP) is 0.689. The summed E-state index contributed by atoms with van der Waals surface area (Å²) in [6, 6.07) is 0.